The number of rotatable bonds is 0. The Bertz CT molecular complexity index is 581. The van der Waals surface area contributed by atoms with Gasteiger partial charge in [-0.3, -0.25) is 9.79 Å². The molecule has 2 heterocycles. The fourth-order valence-electron chi connectivity index (χ4n) is 1.46. The zero-order chi connectivity index (χ0) is 11.9. The minimum absolute atomic E-state index is 0.0249. The average Bonchev–Trinajstić information content (AvgIpc) is 2.42. The summed E-state index contributed by atoms with van der Waals surface area (Å²) in [6.07, 6.45) is 7.16. The second-order valence-electron chi connectivity index (χ2n) is 3.45. The monoisotopic (exact) mass is 227 g/mol. The van der Waals surface area contributed by atoms with E-state index in [0.29, 0.717) is 0 Å². The smallest absolute Gasteiger partial charge is 0.255 e. The first kappa shape index (κ1) is 11.1. The second-order valence-corrected chi connectivity index (χ2v) is 3.45. The molecule has 4 heteroatoms. The first-order chi connectivity index (χ1) is 8.38. The van der Waals surface area contributed by atoms with Gasteiger partial charge in [0.15, 0.2) is 0 Å². The van der Waals surface area contributed by atoms with Crippen molar-refractivity contribution in [2.45, 2.75) is 0 Å². The van der Waals surface area contributed by atoms with E-state index in [-0.39, 0.29) is 5.56 Å². The van der Waals surface area contributed by atoms with Crippen LogP contribution in [-0.2, 0) is 0 Å². The normalized spacial score (nSPS) is 12.7. The van der Waals surface area contributed by atoms with Gasteiger partial charge in [-0.2, -0.15) is 0 Å². The van der Waals surface area contributed by atoms with E-state index in [2.05, 4.69) is 15.3 Å². The molecule has 0 aliphatic carbocycles. The number of hydrogen-bond acceptors (Lipinski definition) is 3. The van der Waals surface area contributed by atoms with E-state index in [1.54, 1.807) is 12.4 Å². The lowest BCUT2D eigenvalue weighted by Gasteiger charge is -1.94. The van der Waals surface area contributed by atoms with Gasteiger partial charge < -0.3 is 10.3 Å². The number of aromatic nitrogens is 1. The molecule has 0 fully saturated rings. The number of aromatic amines is 1. The Balaban J connectivity index is 0.000000153. The van der Waals surface area contributed by atoms with Crippen LogP contribution in [0.1, 0.15) is 0 Å². The highest BCUT2D eigenvalue weighted by Crippen LogP contribution is 2.05. The molecule has 0 saturated heterocycles. The van der Waals surface area contributed by atoms with Crippen LogP contribution in [0.4, 0.5) is 0 Å². The molecule has 0 atom stereocenters. The Morgan fingerprint density at radius 3 is 2.65 bits per heavy atom. The van der Waals surface area contributed by atoms with Gasteiger partial charge in [-0.1, -0.05) is 18.2 Å². The third kappa shape index (κ3) is 3.04. The maximum absolute atomic E-state index is 11.1. The lowest BCUT2D eigenvalue weighted by atomic mass is 10.2. The van der Waals surface area contributed by atoms with Crippen molar-refractivity contribution in [1.29, 1.82) is 0 Å². The highest BCUT2D eigenvalue weighted by molar-refractivity contribution is 5.80. The average molecular weight is 227 g/mol. The third-order valence-corrected chi connectivity index (χ3v) is 2.27. The van der Waals surface area contributed by atoms with Crippen molar-refractivity contribution in [1.82, 2.24) is 10.3 Å². The topological polar surface area (TPSA) is 57.2 Å². The SMILES string of the molecule is C1=CNCN=C1.O=c1[nH]ccc2ccccc12. The zero-order valence-corrected chi connectivity index (χ0v) is 9.26. The van der Waals surface area contributed by atoms with Crippen LogP contribution in [0.2, 0.25) is 0 Å². The molecule has 86 valence electrons. The summed E-state index contributed by atoms with van der Waals surface area (Å²) >= 11 is 0. The van der Waals surface area contributed by atoms with Gasteiger partial charge in [0.25, 0.3) is 5.56 Å². The molecule has 0 spiro atoms. The summed E-state index contributed by atoms with van der Waals surface area (Å²) in [4.78, 5) is 17.6. The summed E-state index contributed by atoms with van der Waals surface area (Å²) in [6, 6.07) is 9.40. The predicted molar refractivity (Wildman–Crippen MR) is 70.2 cm³/mol. The van der Waals surface area contributed by atoms with Crippen LogP contribution in [0.3, 0.4) is 0 Å². The van der Waals surface area contributed by atoms with E-state index in [0.717, 1.165) is 17.4 Å². The van der Waals surface area contributed by atoms with E-state index in [4.69, 9.17) is 0 Å². The Labute approximate surface area is 98.7 Å². The van der Waals surface area contributed by atoms with E-state index in [1.165, 1.54) is 0 Å². The minimum Gasteiger partial charge on any atom is -0.372 e. The van der Waals surface area contributed by atoms with Crippen molar-refractivity contribution in [3.8, 4) is 0 Å². The van der Waals surface area contributed by atoms with E-state index >= 15 is 0 Å². The molecule has 2 N–H and O–H groups in total. The van der Waals surface area contributed by atoms with Crippen LogP contribution in [-0.4, -0.2) is 17.9 Å². The van der Waals surface area contributed by atoms with E-state index < -0.39 is 0 Å². The minimum atomic E-state index is -0.0249. The molecule has 1 aliphatic rings. The molecule has 17 heavy (non-hydrogen) atoms. The molecule has 0 bridgehead atoms. The number of hydrogen-bond donors (Lipinski definition) is 2. The Kier molecular flexibility index (Phi) is 3.70. The Hall–Kier alpha value is -2.36. The first-order valence-electron chi connectivity index (χ1n) is 5.33. The molecular formula is C13H13N3O. The summed E-state index contributed by atoms with van der Waals surface area (Å²) in [7, 11) is 0. The van der Waals surface area contributed by atoms with Crippen LogP contribution >= 0.6 is 0 Å². The van der Waals surface area contributed by atoms with Crippen molar-refractivity contribution >= 4 is 17.0 Å². The fourth-order valence-corrected chi connectivity index (χ4v) is 1.46. The van der Waals surface area contributed by atoms with Crippen molar-refractivity contribution < 1.29 is 0 Å². The first-order valence-corrected chi connectivity index (χ1v) is 5.33. The van der Waals surface area contributed by atoms with Crippen molar-refractivity contribution in [2.75, 3.05) is 6.67 Å². The molecule has 1 aliphatic heterocycles. The standard InChI is InChI=1S/C9H7NO.C4H6N2/c11-9-8-4-2-1-3-7(8)5-6-10-9;1-2-5-4-6-3-1/h1-6H,(H,10,11);1-3,5H,4H2. The van der Waals surface area contributed by atoms with Crippen molar-refractivity contribution in [3.63, 3.8) is 0 Å². The van der Waals surface area contributed by atoms with Gasteiger partial charge in [-0.15, -0.1) is 0 Å². The number of aliphatic imine (C=N–C) groups is 1. The van der Waals surface area contributed by atoms with Gasteiger partial charge in [-0.05, 0) is 29.8 Å². The highest BCUT2D eigenvalue weighted by atomic mass is 16.1. The second kappa shape index (κ2) is 5.65. The summed E-state index contributed by atoms with van der Waals surface area (Å²) < 4.78 is 0. The van der Waals surface area contributed by atoms with Crippen LogP contribution in [0.5, 0.6) is 0 Å². The number of H-pyrrole nitrogens is 1. The number of allylic oxidation sites excluding steroid dienone is 1. The van der Waals surface area contributed by atoms with Gasteiger partial charge in [0, 0.05) is 17.8 Å². The number of fused-ring (bicyclic) bond motifs is 1. The molecule has 3 rings (SSSR count). The van der Waals surface area contributed by atoms with Crippen LogP contribution in [0.15, 0.2) is 58.6 Å². The van der Waals surface area contributed by atoms with Crippen LogP contribution < -0.4 is 10.9 Å². The number of benzene rings is 1. The molecule has 0 radical (unpaired) electrons. The van der Waals surface area contributed by atoms with Crippen molar-refractivity contribution in [3.05, 3.63) is 59.2 Å². The van der Waals surface area contributed by atoms with Gasteiger partial charge in [0.1, 0.15) is 6.67 Å². The highest BCUT2D eigenvalue weighted by Gasteiger charge is 1.92. The summed E-state index contributed by atoms with van der Waals surface area (Å²) in [5, 5.41) is 4.63. The predicted octanol–water partition coefficient (Wildman–Crippen LogP) is 1.66. The van der Waals surface area contributed by atoms with Crippen molar-refractivity contribution in [2.24, 2.45) is 4.99 Å². The van der Waals surface area contributed by atoms with Gasteiger partial charge >= 0.3 is 0 Å². The molecule has 1 aromatic carbocycles. The molecule has 4 nitrogen and oxygen atoms in total. The number of nitrogens with zero attached hydrogens (tertiary/aromatic N) is 1. The zero-order valence-electron chi connectivity index (χ0n) is 9.26. The maximum atomic E-state index is 11.1. The van der Waals surface area contributed by atoms with Gasteiger partial charge in [0.05, 0.1) is 0 Å². The van der Waals surface area contributed by atoms with Gasteiger partial charge in [-0.25, -0.2) is 0 Å². The summed E-state index contributed by atoms with van der Waals surface area (Å²) in [6.45, 7) is 0.733. The maximum Gasteiger partial charge on any atom is 0.255 e. The number of pyridine rings is 1. The third-order valence-electron chi connectivity index (χ3n) is 2.27. The van der Waals surface area contributed by atoms with Gasteiger partial charge in [0.2, 0.25) is 0 Å². The lowest BCUT2D eigenvalue weighted by molar-refractivity contribution is 0.879. The number of nitrogens with one attached hydrogen (secondary N) is 2. The molecule has 1 aromatic heterocycles. The molecule has 0 amide bonds. The lowest BCUT2D eigenvalue weighted by Crippen LogP contribution is -2.06. The Morgan fingerprint density at radius 2 is 2.06 bits per heavy atom. The Morgan fingerprint density at radius 1 is 1.18 bits per heavy atom. The molecule has 0 unspecified atom stereocenters. The van der Waals surface area contributed by atoms with Crippen LogP contribution in [0.25, 0.3) is 10.8 Å². The molecular weight excluding hydrogens is 214 g/mol. The van der Waals surface area contributed by atoms with Crippen LogP contribution in [0, 0.1) is 0 Å². The quantitative estimate of drug-likeness (QED) is 0.719. The van der Waals surface area contributed by atoms with E-state index in [1.807, 2.05) is 42.6 Å². The summed E-state index contributed by atoms with van der Waals surface area (Å²) in [5.74, 6) is 0. The molecule has 2 aromatic rings. The largest absolute Gasteiger partial charge is 0.372 e. The molecule has 0 saturated carbocycles. The summed E-state index contributed by atoms with van der Waals surface area (Å²) in [5.41, 5.74) is -0.0249. The fraction of sp³-hybridized carbons (Fsp3) is 0.0769. The van der Waals surface area contributed by atoms with E-state index in [9.17, 15) is 4.79 Å².